The highest BCUT2D eigenvalue weighted by atomic mass is 16.5. The van der Waals surface area contributed by atoms with E-state index >= 15 is 0 Å². The molecule has 0 unspecified atom stereocenters. The van der Waals surface area contributed by atoms with Crippen LogP contribution in [0.2, 0.25) is 0 Å². The van der Waals surface area contributed by atoms with E-state index in [1.807, 2.05) is 6.92 Å². The number of H-pyrrole nitrogens is 1. The molecule has 2 aromatic heterocycles. The van der Waals surface area contributed by atoms with Crippen molar-refractivity contribution in [1.29, 1.82) is 0 Å². The molecule has 1 saturated carbocycles. The van der Waals surface area contributed by atoms with Crippen LogP contribution in [-0.4, -0.2) is 10.1 Å². The first-order valence-corrected chi connectivity index (χ1v) is 5.78. The van der Waals surface area contributed by atoms with Gasteiger partial charge >= 0.3 is 0 Å². The molecule has 1 aliphatic rings. The average molecular weight is 218 g/mol. The first-order chi connectivity index (χ1) is 7.78. The predicted octanol–water partition coefficient (Wildman–Crippen LogP) is 2.03. The van der Waals surface area contributed by atoms with E-state index in [-0.39, 0.29) is 5.43 Å². The van der Waals surface area contributed by atoms with Gasteiger partial charge in [-0.1, -0.05) is 12.1 Å². The van der Waals surface area contributed by atoms with Crippen molar-refractivity contribution in [2.75, 3.05) is 0 Å². The van der Waals surface area contributed by atoms with Crippen molar-refractivity contribution in [1.82, 2.24) is 10.1 Å². The van der Waals surface area contributed by atoms with Gasteiger partial charge in [-0.3, -0.25) is 4.79 Å². The van der Waals surface area contributed by atoms with Crippen molar-refractivity contribution in [3.63, 3.8) is 0 Å². The summed E-state index contributed by atoms with van der Waals surface area (Å²) in [4.78, 5) is 15.1. The van der Waals surface area contributed by atoms with Gasteiger partial charge in [0, 0.05) is 11.8 Å². The third-order valence-electron chi connectivity index (χ3n) is 3.13. The molecule has 1 fully saturated rings. The SMILES string of the molecule is CCc1noc2[nH]c(CC3CC3)cc(=O)c12. The lowest BCUT2D eigenvalue weighted by atomic mass is 10.1. The number of fused-ring (bicyclic) bond motifs is 1. The molecule has 4 heteroatoms. The van der Waals surface area contributed by atoms with Crippen LogP contribution in [0.4, 0.5) is 0 Å². The minimum Gasteiger partial charge on any atom is -0.337 e. The Kier molecular flexibility index (Phi) is 2.09. The molecule has 0 amide bonds. The Labute approximate surface area is 92.6 Å². The van der Waals surface area contributed by atoms with Gasteiger partial charge < -0.3 is 9.51 Å². The molecule has 0 aromatic carbocycles. The van der Waals surface area contributed by atoms with Crippen LogP contribution in [0.5, 0.6) is 0 Å². The zero-order valence-corrected chi connectivity index (χ0v) is 9.25. The van der Waals surface area contributed by atoms with E-state index in [9.17, 15) is 4.79 Å². The third kappa shape index (κ3) is 1.54. The zero-order valence-electron chi connectivity index (χ0n) is 9.25. The number of aryl methyl sites for hydroxylation is 1. The van der Waals surface area contributed by atoms with Crippen LogP contribution in [0.1, 0.15) is 31.2 Å². The summed E-state index contributed by atoms with van der Waals surface area (Å²) in [7, 11) is 0. The highest BCUT2D eigenvalue weighted by Crippen LogP contribution is 2.32. The number of pyridine rings is 1. The number of hydrogen-bond donors (Lipinski definition) is 1. The van der Waals surface area contributed by atoms with Crippen molar-refractivity contribution >= 4 is 11.1 Å². The van der Waals surface area contributed by atoms with E-state index in [2.05, 4.69) is 10.1 Å². The lowest BCUT2D eigenvalue weighted by molar-refractivity contribution is 0.439. The Bertz CT molecular complexity index is 578. The highest BCUT2D eigenvalue weighted by molar-refractivity contribution is 5.75. The van der Waals surface area contributed by atoms with E-state index in [1.54, 1.807) is 6.07 Å². The number of aromatic amines is 1. The van der Waals surface area contributed by atoms with Crippen LogP contribution in [0.25, 0.3) is 11.1 Å². The predicted molar refractivity (Wildman–Crippen MR) is 60.4 cm³/mol. The molecule has 3 rings (SSSR count). The summed E-state index contributed by atoms with van der Waals surface area (Å²) in [6, 6.07) is 1.69. The van der Waals surface area contributed by atoms with Gasteiger partial charge in [0.2, 0.25) is 5.71 Å². The molecule has 0 atom stereocenters. The Morgan fingerprint density at radius 2 is 2.38 bits per heavy atom. The number of hydrogen-bond acceptors (Lipinski definition) is 3. The monoisotopic (exact) mass is 218 g/mol. The zero-order chi connectivity index (χ0) is 11.1. The van der Waals surface area contributed by atoms with Crippen molar-refractivity contribution in [2.24, 2.45) is 5.92 Å². The normalized spacial score (nSPS) is 15.8. The molecular formula is C12H14N2O2. The van der Waals surface area contributed by atoms with E-state index in [0.29, 0.717) is 11.1 Å². The maximum atomic E-state index is 11.9. The van der Waals surface area contributed by atoms with Crippen LogP contribution >= 0.6 is 0 Å². The first kappa shape index (κ1) is 9.63. The fraction of sp³-hybridized carbons (Fsp3) is 0.500. The molecule has 0 saturated heterocycles. The Morgan fingerprint density at radius 1 is 1.56 bits per heavy atom. The van der Waals surface area contributed by atoms with Crippen LogP contribution in [0, 0.1) is 5.92 Å². The van der Waals surface area contributed by atoms with Gasteiger partial charge in [0.25, 0.3) is 0 Å². The van der Waals surface area contributed by atoms with Gasteiger partial charge in [-0.25, -0.2) is 0 Å². The average Bonchev–Trinajstić information content (AvgIpc) is 2.96. The summed E-state index contributed by atoms with van der Waals surface area (Å²) in [5.74, 6) is 0.752. The minimum atomic E-state index is 0.0301. The molecule has 4 nitrogen and oxygen atoms in total. The van der Waals surface area contributed by atoms with Crippen LogP contribution in [0.15, 0.2) is 15.4 Å². The second-order valence-corrected chi connectivity index (χ2v) is 4.49. The second-order valence-electron chi connectivity index (χ2n) is 4.49. The quantitative estimate of drug-likeness (QED) is 0.857. The number of nitrogens with one attached hydrogen (secondary N) is 1. The second kappa shape index (κ2) is 3.47. The molecule has 84 valence electrons. The van der Waals surface area contributed by atoms with Crippen molar-refractivity contribution in [3.05, 3.63) is 27.7 Å². The molecule has 1 N–H and O–H groups in total. The summed E-state index contributed by atoms with van der Waals surface area (Å²) >= 11 is 0. The van der Waals surface area contributed by atoms with Crippen LogP contribution < -0.4 is 5.43 Å². The van der Waals surface area contributed by atoms with Crippen LogP contribution in [-0.2, 0) is 12.8 Å². The third-order valence-corrected chi connectivity index (χ3v) is 3.13. The Balaban J connectivity index is 2.11. The van der Waals surface area contributed by atoms with Crippen molar-refractivity contribution in [3.8, 4) is 0 Å². The minimum absolute atomic E-state index is 0.0301. The lowest BCUT2D eigenvalue weighted by Gasteiger charge is -1.98. The fourth-order valence-corrected chi connectivity index (χ4v) is 2.06. The van der Waals surface area contributed by atoms with Crippen molar-refractivity contribution < 1.29 is 4.52 Å². The van der Waals surface area contributed by atoms with E-state index in [1.165, 1.54) is 12.8 Å². The molecule has 1 aliphatic carbocycles. The smallest absolute Gasteiger partial charge is 0.240 e. The lowest BCUT2D eigenvalue weighted by Crippen LogP contribution is -2.06. The summed E-state index contributed by atoms with van der Waals surface area (Å²) in [5.41, 5.74) is 2.27. The molecule has 2 heterocycles. The molecule has 16 heavy (non-hydrogen) atoms. The molecule has 0 spiro atoms. The standard InChI is InChI=1S/C12H14N2O2/c1-2-9-11-10(15)6-8(5-7-3-4-7)13-12(11)16-14-9/h6-7H,2-5H2,1H3,(H,13,15). The number of aromatic nitrogens is 2. The molecule has 0 bridgehead atoms. The van der Waals surface area contributed by atoms with Gasteiger partial charge in [-0.05, 0) is 31.6 Å². The van der Waals surface area contributed by atoms with Crippen molar-refractivity contribution in [2.45, 2.75) is 32.6 Å². The number of nitrogens with zero attached hydrogens (tertiary/aromatic N) is 1. The molecule has 2 aromatic rings. The molecular weight excluding hydrogens is 204 g/mol. The van der Waals surface area contributed by atoms with Gasteiger partial charge in [0.05, 0.1) is 5.69 Å². The summed E-state index contributed by atoms with van der Waals surface area (Å²) < 4.78 is 5.16. The largest absolute Gasteiger partial charge is 0.337 e. The highest BCUT2D eigenvalue weighted by Gasteiger charge is 2.22. The summed E-state index contributed by atoms with van der Waals surface area (Å²) in [6.45, 7) is 1.97. The van der Waals surface area contributed by atoms with E-state index in [4.69, 9.17) is 4.52 Å². The Hall–Kier alpha value is -1.58. The van der Waals surface area contributed by atoms with E-state index < -0.39 is 0 Å². The van der Waals surface area contributed by atoms with Gasteiger partial charge in [0.15, 0.2) is 5.43 Å². The fourth-order valence-electron chi connectivity index (χ4n) is 2.06. The first-order valence-electron chi connectivity index (χ1n) is 5.78. The van der Waals surface area contributed by atoms with E-state index in [0.717, 1.165) is 30.1 Å². The van der Waals surface area contributed by atoms with Gasteiger partial charge in [-0.2, -0.15) is 0 Å². The van der Waals surface area contributed by atoms with Crippen LogP contribution in [0.3, 0.4) is 0 Å². The summed E-state index contributed by atoms with van der Waals surface area (Å²) in [6.07, 6.45) is 4.22. The van der Waals surface area contributed by atoms with Gasteiger partial charge in [0.1, 0.15) is 5.39 Å². The molecule has 0 radical (unpaired) electrons. The number of rotatable bonds is 3. The topological polar surface area (TPSA) is 58.9 Å². The Morgan fingerprint density at radius 3 is 3.06 bits per heavy atom. The maximum Gasteiger partial charge on any atom is 0.240 e. The summed E-state index contributed by atoms with van der Waals surface area (Å²) in [5, 5.41) is 4.52. The maximum absolute atomic E-state index is 11.9. The van der Waals surface area contributed by atoms with Gasteiger partial charge in [-0.15, -0.1) is 0 Å². The molecule has 0 aliphatic heterocycles.